The lowest BCUT2D eigenvalue weighted by molar-refractivity contribution is -0.201. The van der Waals surface area contributed by atoms with Gasteiger partial charge in [-0.1, -0.05) is 18.2 Å². The second-order valence-electron chi connectivity index (χ2n) is 8.99. The molecule has 4 N–H and O–H groups in total. The molecule has 1 fully saturated rings. The van der Waals surface area contributed by atoms with Gasteiger partial charge in [-0.3, -0.25) is 0 Å². The second kappa shape index (κ2) is 11.6. The molecule has 0 radical (unpaired) electrons. The van der Waals surface area contributed by atoms with Crippen molar-refractivity contribution in [2.75, 3.05) is 24.5 Å². The van der Waals surface area contributed by atoms with E-state index < -0.39 is 51.9 Å². The van der Waals surface area contributed by atoms with E-state index in [1.165, 1.54) is 6.07 Å². The van der Waals surface area contributed by atoms with Crippen molar-refractivity contribution in [3.63, 3.8) is 0 Å². The number of nitrogens with one attached hydrogen (secondary N) is 1. The highest BCUT2D eigenvalue weighted by atomic mass is 32.2. The molecule has 3 aromatic rings. The third-order valence-electron chi connectivity index (χ3n) is 6.57. The molecule has 0 bridgehead atoms. The largest absolute Gasteiger partial charge is 0.457 e. The molecule has 11 nitrogen and oxygen atoms in total. The van der Waals surface area contributed by atoms with E-state index in [4.69, 9.17) is 9.15 Å². The van der Waals surface area contributed by atoms with Gasteiger partial charge in [0.25, 0.3) is 10.0 Å². The number of carbonyl (C=O) groups is 1. The number of esters is 1. The number of nitriles is 1. The number of aliphatic hydroxyl groups excluding tert-OH is 3. The van der Waals surface area contributed by atoms with Crippen LogP contribution in [0.2, 0.25) is 0 Å². The molecule has 4 atom stereocenters. The van der Waals surface area contributed by atoms with Crippen LogP contribution in [-0.4, -0.2) is 73.8 Å². The van der Waals surface area contributed by atoms with E-state index in [2.05, 4.69) is 35.6 Å². The Morgan fingerprint density at radius 1 is 1.05 bits per heavy atom. The Morgan fingerprint density at radius 2 is 1.74 bits per heavy atom. The molecular formula is C27H29N3O8S. The van der Waals surface area contributed by atoms with Crippen LogP contribution in [0.4, 0.5) is 5.69 Å². The van der Waals surface area contributed by atoms with Crippen LogP contribution in [-0.2, 0) is 19.6 Å². The van der Waals surface area contributed by atoms with Gasteiger partial charge in [-0.15, -0.1) is 0 Å². The maximum atomic E-state index is 12.7. The maximum absolute atomic E-state index is 12.7. The van der Waals surface area contributed by atoms with Gasteiger partial charge in [-0.05, 0) is 55.0 Å². The fourth-order valence-electron chi connectivity index (χ4n) is 4.32. The van der Waals surface area contributed by atoms with Gasteiger partial charge in [0, 0.05) is 30.4 Å². The minimum atomic E-state index is -4.40. The van der Waals surface area contributed by atoms with Gasteiger partial charge >= 0.3 is 5.97 Å². The lowest BCUT2D eigenvalue weighted by atomic mass is 10.00. The van der Waals surface area contributed by atoms with Crippen LogP contribution in [0.25, 0.3) is 28.2 Å². The molecule has 39 heavy (non-hydrogen) atoms. The molecule has 0 unspecified atom stereocenters. The van der Waals surface area contributed by atoms with Gasteiger partial charge in [-0.2, -0.15) is 5.26 Å². The summed E-state index contributed by atoms with van der Waals surface area (Å²) >= 11 is 0. The van der Waals surface area contributed by atoms with Crippen molar-refractivity contribution in [3.05, 3.63) is 59.2 Å². The highest BCUT2D eigenvalue weighted by Gasteiger charge is 2.44. The highest BCUT2D eigenvalue weighted by Crippen LogP contribution is 2.29. The number of ether oxygens (including phenoxy) is 1. The van der Waals surface area contributed by atoms with Crippen molar-refractivity contribution in [3.8, 4) is 17.4 Å². The number of carbonyl (C=O) groups excluding carboxylic acids is 1. The summed E-state index contributed by atoms with van der Waals surface area (Å²) in [5.74, 6) is -0.607. The van der Waals surface area contributed by atoms with Crippen LogP contribution in [0.3, 0.4) is 0 Å². The standard InChI is InChI=1S/C27H29N3O8S/c1-3-30(4-2)19-8-7-16-11-18(6-5-17(16)12-19)22-10-9-20(37-22)13-21(14-28)39(35,36)29-15-23-24(31)25(32)26(33)27(34)38-23/h5-13,23-26,29,31-33H,3-4,15H2,1-2H3/b21-13+/t23-,24-,25+,26-/m1/s1. The predicted molar refractivity (Wildman–Crippen MR) is 144 cm³/mol. The summed E-state index contributed by atoms with van der Waals surface area (Å²) in [5, 5.41) is 40.7. The molecule has 2 heterocycles. The molecule has 4 rings (SSSR count). The molecule has 2 aromatic carbocycles. The van der Waals surface area contributed by atoms with Gasteiger partial charge in [0.05, 0.1) is 6.54 Å². The van der Waals surface area contributed by atoms with Crippen LogP contribution in [0.1, 0.15) is 19.6 Å². The third kappa shape index (κ3) is 5.98. The summed E-state index contributed by atoms with van der Waals surface area (Å²) in [6, 6.07) is 16.8. The molecule has 0 spiro atoms. The topological polar surface area (TPSA) is 173 Å². The number of anilines is 1. The number of benzene rings is 2. The highest BCUT2D eigenvalue weighted by molar-refractivity contribution is 7.93. The molecule has 1 aromatic heterocycles. The summed E-state index contributed by atoms with van der Waals surface area (Å²) in [5.41, 5.74) is 1.90. The number of furan rings is 1. The predicted octanol–water partition coefficient (Wildman–Crippen LogP) is 1.74. The van der Waals surface area contributed by atoms with Crippen LogP contribution in [0, 0.1) is 11.3 Å². The number of sulfonamides is 1. The number of allylic oxidation sites excluding steroid dienone is 1. The number of aliphatic hydroxyl groups is 3. The first kappa shape index (κ1) is 28.3. The van der Waals surface area contributed by atoms with Crippen LogP contribution in [0.5, 0.6) is 0 Å². The Kier molecular flexibility index (Phi) is 8.39. The van der Waals surface area contributed by atoms with Gasteiger partial charge in [-0.25, -0.2) is 17.9 Å². The van der Waals surface area contributed by atoms with Crippen molar-refractivity contribution in [2.24, 2.45) is 0 Å². The molecule has 1 saturated heterocycles. The van der Waals surface area contributed by atoms with E-state index in [9.17, 15) is 33.8 Å². The maximum Gasteiger partial charge on any atom is 0.338 e. The molecular weight excluding hydrogens is 526 g/mol. The molecule has 1 aliphatic rings. The molecule has 12 heteroatoms. The zero-order chi connectivity index (χ0) is 28.3. The second-order valence-corrected chi connectivity index (χ2v) is 10.7. The number of hydrogen-bond donors (Lipinski definition) is 4. The normalized spacial score (nSPS) is 21.9. The van der Waals surface area contributed by atoms with Crippen molar-refractivity contribution in [2.45, 2.75) is 38.3 Å². The fraction of sp³-hybridized carbons (Fsp3) is 0.333. The number of cyclic esters (lactones) is 1. The molecule has 206 valence electrons. The van der Waals surface area contributed by atoms with E-state index in [-0.39, 0.29) is 5.76 Å². The Balaban J connectivity index is 1.50. The lowest BCUT2D eigenvalue weighted by Crippen LogP contribution is -2.58. The summed E-state index contributed by atoms with van der Waals surface area (Å²) in [7, 11) is -4.40. The van der Waals surface area contributed by atoms with Crippen LogP contribution >= 0.6 is 0 Å². The Morgan fingerprint density at radius 3 is 2.44 bits per heavy atom. The van der Waals surface area contributed by atoms with Crippen molar-refractivity contribution in [1.82, 2.24) is 4.72 Å². The summed E-state index contributed by atoms with van der Waals surface area (Å²) < 4.78 is 38.0. The molecule has 1 aliphatic heterocycles. The van der Waals surface area contributed by atoms with Crippen molar-refractivity contribution in [1.29, 1.82) is 5.26 Å². The Hall–Kier alpha value is -3.73. The van der Waals surface area contributed by atoms with E-state index in [0.717, 1.165) is 41.2 Å². The summed E-state index contributed by atoms with van der Waals surface area (Å²) in [6.07, 6.45) is -5.92. The van der Waals surface area contributed by atoms with Gasteiger partial charge in [0.1, 0.15) is 35.9 Å². The smallest absolute Gasteiger partial charge is 0.338 e. The number of nitrogens with zero attached hydrogens (tertiary/aromatic N) is 2. The lowest BCUT2D eigenvalue weighted by Gasteiger charge is -2.34. The zero-order valence-corrected chi connectivity index (χ0v) is 22.1. The number of hydrogen-bond acceptors (Lipinski definition) is 10. The minimum absolute atomic E-state index is 0.117. The Labute approximate surface area is 225 Å². The quantitative estimate of drug-likeness (QED) is 0.225. The SMILES string of the molecule is CCN(CC)c1ccc2cc(-c3ccc(/C=C(\C#N)S(=O)(=O)NC[C@H]4OC(=O)[C@H](O)[C@@H](O)[C@@H]4O)o3)ccc2c1. The number of rotatable bonds is 9. The average Bonchev–Trinajstić information content (AvgIpc) is 3.41. The summed E-state index contributed by atoms with van der Waals surface area (Å²) in [6.45, 7) is 5.39. The summed E-state index contributed by atoms with van der Waals surface area (Å²) in [4.78, 5) is 13.2. The fourth-order valence-corrected chi connectivity index (χ4v) is 5.25. The van der Waals surface area contributed by atoms with Crippen LogP contribution in [0.15, 0.2) is 57.9 Å². The van der Waals surface area contributed by atoms with E-state index in [1.54, 1.807) is 12.1 Å². The first-order valence-electron chi connectivity index (χ1n) is 12.3. The number of fused-ring (bicyclic) bond motifs is 1. The van der Waals surface area contributed by atoms with Gasteiger partial charge in [0.15, 0.2) is 11.0 Å². The van der Waals surface area contributed by atoms with Crippen LogP contribution < -0.4 is 9.62 Å². The first-order chi connectivity index (χ1) is 18.6. The van der Waals surface area contributed by atoms with Gasteiger partial charge in [0.2, 0.25) is 0 Å². The first-order valence-corrected chi connectivity index (χ1v) is 13.8. The van der Waals surface area contributed by atoms with E-state index in [1.807, 2.05) is 24.3 Å². The molecule has 0 amide bonds. The van der Waals surface area contributed by atoms with Crippen molar-refractivity contribution >= 4 is 38.5 Å². The van der Waals surface area contributed by atoms with Crippen molar-refractivity contribution < 1.29 is 37.7 Å². The zero-order valence-electron chi connectivity index (χ0n) is 21.3. The Bertz CT molecular complexity index is 1540. The minimum Gasteiger partial charge on any atom is -0.457 e. The third-order valence-corrected chi connectivity index (χ3v) is 7.91. The average molecular weight is 556 g/mol. The van der Waals surface area contributed by atoms with E-state index >= 15 is 0 Å². The molecule has 0 saturated carbocycles. The van der Waals surface area contributed by atoms with Gasteiger partial charge < -0.3 is 29.4 Å². The monoisotopic (exact) mass is 555 g/mol. The van der Waals surface area contributed by atoms with E-state index in [0.29, 0.717) is 5.76 Å². The molecule has 0 aliphatic carbocycles.